The Balaban J connectivity index is 2.58. The van der Waals surface area contributed by atoms with Gasteiger partial charge in [-0.05, 0) is 36.8 Å². The summed E-state index contributed by atoms with van der Waals surface area (Å²) in [6, 6.07) is 8.17. The van der Waals surface area contributed by atoms with Gasteiger partial charge in [0.25, 0.3) is 0 Å². The fraction of sp³-hybridized carbons (Fsp3) is 0.200. The van der Waals surface area contributed by atoms with Crippen molar-refractivity contribution in [2.75, 3.05) is 0 Å². The van der Waals surface area contributed by atoms with Crippen LogP contribution in [0.1, 0.15) is 12.5 Å². The molecular formula is C15H11Cl2F3O3S. The number of benzene rings is 2. The maximum atomic E-state index is 12.9. The fourth-order valence-electron chi connectivity index (χ4n) is 1.97. The van der Waals surface area contributed by atoms with Crippen LogP contribution in [0.5, 0.6) is 0 Å². The third kappa shape index (κ3) is 3.26. The van der Waals surface area contributed by atoms with Crippen LogP contribution < -0.4 is 0 Å². The highest BCUT2D eigenvalue weighted by molar-refractivity contribution is 7.91. The van der Waals surface area contributed by atoms with Crippen molar-refractivity contribution in [2.24, 2.45) is 0 Å². The summed E-state index contributed by atoms with van der Waals surface area (Å²) < 4.78 is 63.8. The summed E-state index contributed by atoms with van der Waals surface area (Å²) in [5.74, 6) is 0. The van der Waals surface area contributed by atoms with Gasteiger partial charge in [-0.25, -0.2) is 8.42 Å². The summed E-state index contributed by atoms with van der Waals surface area (Å²) in [5, 5.41) is 9.16. The Morgan fingerprint density at radius 2 is 1.50 bits per heavy atom. The molecule has 0 fully saturated rings. The van der Waals surface area contributed by atoms with Gasteiger partial charge in [-0.15, -0.1) is 0 Å². The van der Waals surface area contributed by atoms with E-state index < -0.39 is 37.1 Å². The van der Waals surface area contributed by atoms with E-state index in [1.54, 1.807) is 0 Å². The van der Waals surface area contributed by atoms with Crippen molar-refractivity contribution >= 4 is 33.0 Å². The Kier molecular flexibility index (Phi) is 4.94. The van der Waals surface area contributed by atoms with Gasteiger partial charge in [0.2, 0.25) is 9.84 Å². The highest BCUT2D eigenvalue weighted by atomic mass is 35.5. The zero-order chi connectivity index (χ0) is 18.3. The maximum absolute atomic E-state index is 12.9. The molecule has 9 heteroatoms. The largest absolute Gasteiger partial charge is 0.421 e. The van der Waals surface area contributed by atoms with Crippen molar-refractivity contribution in [3.8, 4) is 0 Å². The molecule has 0 radical (unpaired) electrons. The molecule has 0 aliphatic carbocycles. The molecule has 24 heavy (non-hydrogen) atoms. The lowest BCUT2D eigenvalue weighted by Gasteiger charge is -2.27. The first-order valence-electron chi connectivity index (χ1n) is 6.48. The minimum atomic E-state index is -4.94. The number of hydrogen-bond donors (Lipinski definition) is 1. The first kappa shape index (κ1) is 19.1. The van der Waals surface area contributed by atoms with Crippen molar-refractivity contribution in [1.29, 1.82) is 0 Å². The van der Waals surface area contributed by atoms with E-state index in [4.69, 9.17) is 23.2 Å². The smallest absolute Gasteiger partial charge is 0.376 e. The second kappa shape index (κ2) is 6.22. The van der Waals surface area contributed by atoms with Crippen LogP contribution in [-0.2, 0) is 15.4 Å². The van der Waals surface area contributed by atoms with E-state index in [2.05, 4.69) is 0 Å². The Morgan fingerprint density at radius 1 is 0.958 bits per heavy atom. The third-order valence-corrected chi connectivity index (χ3v) is 6.20. The van der Waals surface area contributed by atoms with Gasteiger partial charge in [-0.3, -0.25) is 0 Å². The standard InChI is InChI=1S/C15H11Cl2F3O3S/c1-14(21,15(18,19)20)9-6-7-13(11(17)8-9)24(22,23)12-5-3-2-4-10(12)16/h2-8,21H,1H3. The van der Waals surface area contributed by atoms with Crippen LogP contribution in [0.2, 0.25) is 10.0 Å². The molecule has 0 bridgehead atoms. The summed E-state index contributed by atoms with van der Waals surface area (Å²) in [4.78, 5) is -0.622. The predicted octanol–water partition coefficient (Wildman–Crippen LogP) is 4.60. The van der Waals surface area contributed by atoms with Gasteiger partial charge in [-0.2, -0.15) is 13.2 Å². The zero-order valence-corrected chi connectivity index (χ0v) is 14.4. The maximum Gasteiger partial charge on any atom is 0.421 e. The topological polar surface area (TPSA) is 54.4 Å². The molecule has 0 amide bonds. The highest BCUT2D eigenvalue weighted by Gasteiger charge is 2.51. The normalized spacial score (nSPS) is 15.1. The Labute approximate surface area is 146 Å². The number of sulfone groups is 1. The summed E-state index contributed by atoms with van der Waals surface area (Å²) in [6.45, 7) is 0.556. The van der Waals surface area contributed by atoms with E-state index >= 15 is 0 Å². The van der Waals surface area contributed by atoms with Crippen molar-refractivity contribution in [3.05, 3.63) is 58.1 Å². The first-order chi connectivity index (χ1) is 10.9. The van der Waals surface area contributed by atoms with E-state index in [1.165, 1.54) is 24.3 Å². The molecular weight excluding hydrogens is 388 g/mol. The number of hydrogen-bond acceptors (Lipinski definition) is 3. The van der Waals surface area contributed by atoms with Crippen LogP contribution in [-0.4, -0.2) is 19.7 Å². The summed E-state index contributed by atoms with van der Waals surface area (Å²) >= 11 is 11.7. The second-order valence-corrected chi connectivity index (χ2v) is 7.85. The minimum absolute atomic E-state index is 0.0417. The van der Waals surface area contributed by atoms with E-state index in [0.29, 0.717) is 6.92 Å². The summed E-state index contributed by atoms with van der Waals surface area (Å²) in [7, 11) is -4.12. The van der Waals surface area contributed by atoms with E-state index in [-0.39, 0.29) is 9.92 Å². The predicted molar refractivity (Wildman–Crippen MR) is 84.0 cm³/mol. The van der Waals surface area contributed by atoms with Crippen LogP contribution in [0.4, 0.5) is 13.2 Å². The van der Waals surface area contributed by atoms with Gasteiger partial charge in [0.1, 0.15) is 0 Å². The second-order valence-electron chi connectivity index (χ2n) is 5.15. The van der Waals surface area contributed by atoms with E-state index in [9.17, 15) is 26.7 Å². The molecule has 0 spiro atoms. The fourth-order valence-corrected chi connectivity index (χ4v) is 4.27. The zero-order valence-electron chi connectivity index (χ0n) is 12.1. The summed E-state index contributed by atoms with van der Waals surface area (Å²) in [5.41, 5.74) is -3.73. The molecule has 1 N–H and O–H groups in total. The van der Waals surface area contributed by atoms with Gasteiger partial charge in [0.15, 0.2) is 5.60 Å². The molecule has 0 heterocycles. The van der Waals surface area contributed by atoms with Gasteiger partial charge in [0.05, 0.1) is 19.8 Å². The van der Waals surface area contributed by atoms with Gasteiger partial charge in [-0.1, -0.05) is 41.4 Å². The molecule has 2 rings (SSSR count). The van der Waals surface area contributed by atoms with Crippen LogP contribution >= 0.6 is 23.2 Å². The number of aliphatic hydroxyl groups is 1. The molecule has 1 atom stereocenters. The molecule has 2 aromatic rings. The molecule has 0 aromatic heterocycles. The Hall–Kier alpha value is -1.28. The molecule has 130 valence electrons. The molecule has 0 saturated carbocycles. The molecule has 0 aliphatic heterocycles. The molecule has 3 nitrogen and oxygen atoms in total. The van der Waals surface area contributed by atoms with Crippen LogP contribution in [0, 0.1) is 0 Å². The lowest BCUT2D eigenvalue weighted by atomic mass is 9.95. The van der Waals surface area contributed by atoms with Gasteiger partial charge in [0, 0.05) is 0 Å². The van der Waals surface area contributed by atoms with Crippen molar-refractivity contribution in [2.45, 2.75) is 28.5 Å². The van der Waals surface area contributed by atoms with Crippen molar-refractivity contribution < 1.29 is 26.7 Å². The van der Waals surface area contributed by atoms with Crippen LogP contribution in [0.3, 0.4) is 0 Å². The monoisotopic (exact) mass is 398 g/mol. The number of halogens is 5. The van der Waals surface area contributed by atoms with Crippen LogP contribution in [0.15, 0.2) is 52.3 Å². The first-order valence-corrected chi connectivity index (χ1v) is 8.71. The van der Waals surface area contributed by atoms with Gasteiger partial charge < -0.3 is 5.11 Å². The average molecular weight is 399 g/mol. The Morgan fingerprint density at radius 3 is 2.00 bits per heavy atom. The number of alkyl halides is 3. The summed E-state index contributed by atoms with van der Waals surface area (Å²) in [6.07, 6.45) is -4.94. The lowest BCUT2D eigenvalue weighted by Crippen LogP contribution is -2.39. The quantitative estimate of drug-likeness (QED) is 0.821. The molecule has 2 aromatic carbocycles. The van der Waals surface area contributed by atoms with E-state index in [1.807, 2.05) is 0 Å². The Bertz CT molecular complexity index is 878. The molecule has 0 aliphatic rings. The number of rotatable bonds is 3. The highest BCUT2D eigenvalue weighted by Crippen LogP contribution is 2.41. The average Bonchev–Trinajstić information content (AvgIpc) is 2.45. The lowest BCUT2D eigenvalue weighted by molar-refractivity contribution is -0.258. The van der Waals surface area contributed by atoms with E-state index in [0.717, 1.165) is 18.2 Å². The molecule has 0 saturated heterocycles. The SMILES string of the molecule is CC(O)(c1ccc(S(=O)(=O)c2ccccc2Cl)c(Cl)c1)C(F)(F)F. The van der Waals surface area contributed by atoms with Crippen LogP contribution in [0.25, 0.3) is 0 Å². The third-order valence-electron chi connectivity index (χ3n) is 3.46. The van der Waals surface area contributed by atoms with Crippen molar-refractivity contribution in [3.63, 3.8) is 0 Å². The van der Waals surface area contributed by atoms with Crippen molar-refractivity contribution in [1.82, 2.24) is 0 Å². The molecule has 1 unspecified atom stereocenters. The van der Waals surface area contributed by atoms with Gasteiger partial charge >= 0.3 is 6.18 Å². The minimum Gasteiger partial charge on any atom is -0.376 e.